The molecule has 0 fully saturated rings. The largest absolute Gasteiger partial charge is 0.493 e. The molecule has 0 aromatic heterocycles. The molecule has 0 radical (unpaired) electrons. The smallest absolute Gasteiger partial charge is 0.249 e. The summed E-state index contributed by atoms with van der Waals surface area (Å²) in [7, 11) is 3.08. The van der Waals surface area contributed by atoms with Crippen LogP contribution in [-0.2, 0) is 9.59 Å². The number of carbonyl (C=O) groups excluding carboxylic acids is 2. The molecule has 0 aliphatic carbocycles. The number of hydrogen-bond donors (Lipinski definition) is 2. The summed E-state index contributed by atoms with van der Waals surface area (Å²) < 4.78 is 10.6. The normalized spacial score (nSPS) is 16.4. The summed E-state index contributed by atoms with van der Waals surface area (Å²) in [6.45, 7) is 4.31. The molecule has 1 atom stereocenters. The van der Waals surface area contributed by atoms with E-state index in [-0.39, 0.29) is 18.4 Å². The molecule has 1 aromatic carbocycles. The van der Waals surface area contributed by atoms with Crippen LogP contribution in [0.15, 0.2) is 12.1 Å². The maximum atomic E-state index is 12.5. The second kappa shape index (κ2) is 7.21. The molecule has 126 valence electrons. The molecule has 0 saturated carbocycles. The van der Waals surface area contributed by atoms with E-state index in [2.05, 4.69) is 10.6 Å². The first-order chi connectivity index (χ1) is 11.0. The number of carbonyl (C=O) groups is 2. The lowest BCUT2D eigenvalue weighted by atomic mass is 10.1. The van der Waals surface area contributed by atoms with Crippen molar-refractivity contribution in [3.05, 3.63) is 12.1 Å². The van der Waals surface area contributed by atoms with Gasteiger partial charge in [-0.2, -0.15) is 0 Å². The first-order valence-electron chi connectivity index (χ1n) is 7.62. The molecule has 0 saturated heterocycles. The minimum Gasteiger partial charge on any atom is -0.493 e. The lowest BCUT2D eigenvalue weighted by Gasteiger charge is -2.34. The molecule has 1 aromatic rings. The van der Waals surface area contributed by atoms with Crippen LogP contribution in [0, 0.1) is 0 Å². The van der Waals surface area contributed by atoms with Crippen molar-refractivity contribution < 1.29 is 19.1 Å². The van der Waals surface area contributed by atoms with Gasteiger partial charge in [-0.15, -0.1) is 0 Å². The average molecular weight is 321 g/mol. The van der Waals surface area contributed by atoms with Crippen LogP contribution < -0.4 is 25.0 Å². The van der Waals surface area contributed by atoms with Crippen molar-refractivity contribution in [2.24, 2.45) is 0 Å². The Morgan fingerprint density at radius 2 is 1.96 bits per heavy atom. The summed E-state index contributed by atoms with van der Waals surface area (Å²) >= 11 is 0. The molecule has 7 nitrogen and oxygen atoms in total. The molecule has 2 amide bonds. The zero-order chi connectivity index (χ0) is 17.0. The number of ether oxygens (including phenoxy) is 2. The van der Waals surface area contributed by atoms with Crippen molar-refractivity contribution in [1.29, 1.82) is 0 Å². The Morgan fingerprint density at radius 3 is 2.57 bits per heavy atom. The molecule has 7 heteroatoms. The number of amides is 2. The summed E-state index contributed by atoms with van der Waals surface area (Å²) in [5.41, 5.74) is 1.34. The number of benzene rings is 1. The minimum atomic E-state index is -0.417. The highest BCUT2D eigenvalue weighted by molar-refractivity contribution is 6.08. The predicted molar refractivity (Wildman–Crippen MR) is 88.3 cm³/mol. The van der Waals surface area contributed by atoms with E-state index in [0.29, 0.717) is 23.7 Å². The highest BCUT2D eigenvalue weighted by atomic mass is 16.5. The Morgan fingerprint density at radius 1 is 1.30 bits per heavy atom. The zero-order valence-corrected chi connectivity index (χ0v) is 13.9. The standard InChI is InChI=1S/C16H23N3O4/c1-5-6-17-15(20)9-19-12-8-14(23-4)13(22-3)7-11(12)18-10(2)16(19)21/h7-8,10,18H,5-6,9H2,1-4H3,(H,17,20). The molecule has 1 unspecified atom stereocenters. The maximum Gasteiger partial charge on any atom is 0.249 e. The Hall–Kier alpha value is -2.44. The first kappa shape index (κ1) is 16.9. The van der Waals surface area contributed by atoms with Crippen LogP contribution in [0.4, 0.5) is 11.4 Å². The summed E-state index contributed by atoms with van der Waals surface area (Å²) in [5.74, 6) is 0.733. The van der Waals surface area contributed by atoms with Gasteiger partial charge in [0.2, 0.25) is 11.8 Å². The highest BCUT2D eigenvalue weighted by Gasteiger charge is 2.32. The number of nitrogens with zero attached hydrogens (tertiary/aromatic N) is 1. The van der Waals surface area contributed by atoms with Crippen LogP contribution in [0.5, 0.6) is 11.5 Å². The van der Waals surface area contributed by atoms with E-state index >= 15 is 0 Å². The number of methoxy groups -OCH3 is 2. The van der Waals surface area contributed by atoms with Crippen LogP contribution in [-0.4, -0.2) is 45.2 Å². The van der Waals surface area contributed by atoms with Gasteiger partial charge in [-0.05, 0) is 13.3 Å². The van der Waals surface area contributed by atoms with E-state index in [1.165, 1.54) is 12.0 Å². The molecule has 1 aliphatic heterocycles. The third kappa shape index (κ3) is 3.49. The van der Waals surface area contributed by atoms with E-state index in [1.807, 2.05) is 6.92 Å². The van der Waals surface area contributed by atoms with Crippen molar-refractivity contribution >= 4 is 23.2 Å². The Kier molecular flexibility index (Phi) is 5.31. The fraction of sp³-hybridized carbons (Fsp3) is 0.500. The number of hydrogen-bond acceptors (Lipinski definition) is 5. The molecule has 1 aliphatic rings. The Labute approximate surface area is 135 Å². The fourth-order valence-corrected chi connectivity index (χ4v) is 2.48. The summed E-state index contributed by atoms with van der Waals surface area (Å²) in [6.07, 6.45) is 0.846. The van der Waals surface area contributed by atoms with E-state index in [4.69, 9.17) is 9.47 Å². The monoisotopic (exact) mass is 321 g/mol. The lowest BCUT2D eigenvalue weighted by Crippen LogP contribution is -2.49. The van der Waals surface area contributed by atoms with Gasteiger partial charge in [0.25, 0.3) is 0 Å². The molecule has 23 heavy (non-hydrogen) atoms. The van der Waals surface area contributed by atoms with Crippen LogP contribution in [0.3, 0.4) is 0 Å². The Balaban J connectivity index is 2.36. The van der Waals surface area contributed by atoms with Gasteiger partial charge in [0.05, 0.1) is 25.6 Å². The van der Waals surface area contributed by atoms with Crippen LogP contribution in [0.2, 0.25) is 0 Å². The molecule has 1 heterocycles. The number of rotatable bonds is 6. The van der Waals surface area contributed by atoms with Crippen molar-refractivity contribution in [2.45, 2.75) is 26.3 Å². The second-order valence-electron chi connectivity index (χ2n) is 5.36. The van der Waals surface area contributed by atoms with Gasteiger partial charge >= 0.3 is 0 Å². The summed E-state index contributed by atoms with van der Waals surface area (Å²) in [6, 6.07) is 3.06. The van der Waals surface area contributed by atoms with Gasteiger partial charge in [-0.25, -0.2) is 0 Å². The van der Waals surface area contributed by atoms with Crippen LogP contribution >= 0.6 is 0 Å². The van der Waals surface area contributed by atoms with E-state index < -0.39 is 6.04 Å². The quantitative estimate of drug-likeness (QED) is 0.827. The fourth-order valence-electron chi connectivity index (χ4n) is 2.48. The summed E-state index contributed by atoms with van der Waals surface area (Å²) in [4.78, 5) is 26.0. The number of anilines is 2. The first-order valence-corrected chi connectivity index (χ1v) is 7.62. The average Bonchev–Trinajstić information content (AvgIpc) is 2.55. The topological polar surface area (TPSA) is 79.9 Å². The van der Waals surface area contributed by atoms with E-state index in [0.717, 1.165) is 12.1 Å². The molecular formula is C16H23N3O4. The SMILES string of the molecule is CCCNC(=O)CN1C(=O)C(C)Nc2cc(OC)c(OC)cc21. The number of nitrogens with one attached hydrogen (secondary N) is 2. The molecular weight excluding hydrogens is 298 g/mol. The molecule has 2 N–H and O–H groups in total. The van der Waals surface area contributed by atoms with Crippen molar-refractivity contribution in [3.63, 3.8) is 0 Å². The zero-order valence-electron chi connectivity index (χ0n) is 13.9. The third-order valence-electron chi connectivity index (χ3n) is 3.68. The Bertz CT molecular complexity index is 603. The lowest BCUT2D eigenvalue weighted by molar-refractivity contribution is -0.124. The summed E-state index contributed by atoms with van der Waals surface area (Å²) in [5, 5.41) is 5.91. The molecule has 0 spiro atoms. The van der Waals surface area contributed by atoms with Crippen LogP contribution in [0.25, 0.3) is 0 Å². The third-order valence-corrected chi connectivity index (χ3v) is 3.68. The van der Waals surface area contributed by atoms with Gasteiger partial charge in [0, 0.05) is 18.7 Å². The van der Waals surface area contributed by atoms with Gasteiger partial charge in [-0.3, -0.25) is 14.5 Å². The van der Waals surface area contributed by atoms with Gasteiger partial charge < -0.3 is 20.1 Å². The van der Waals surface area contributed by atoms with Crippen molar-refractivity contribution in [1.82, 2.24) is 5.32 Å². The van der Waals surface area contributed by atoms with E-state index in [9.17, 15) is 9.59 Å². The van der Waals surface area contributed by atoms with Gasteiger partial charge in [0.15, 0.2) is 11.5 Å². The van der Waals surface area contributed by atoms with Crippen molar-refractivity contribution in [2.75, 3.05) is 37.5 Å². The van der Waals surface area contributed by atoms with E-state index in [1.54, 1.807) is 26.2 Å². The molecule has 0 bridgehead atoms. The minimum absolute atomic E-state index is 0.0205. The van der Waals surface area contributed by atoms with Crippen LogP contribution in [0.1, 0.15) is 20.3 Å². The predicted octanol–water partition coefficient (Wildman–Crippen LogP) is 1.38. The second-order valence-corrected chi connectivity index (χ2v) is 5.36. The highest BCUT2D eigenvalue weighted by Crippen LogP contribution is 2.40. The maximum absolute atomic E-state index is 12.5. The van der Waals surface area contributed by atoms with Gasteiger partial charge in [0.1, 0.15) is 12.6 Å². The van der Waals surface area contributed by atoms with Crippen molar-refractivity contribution in [3.8, 4) is 11.5 Å². The number of fused-ring (bicyclic) bond motifs is 1. The van der Waals surface area contributed by atoms with Gasteiger partial charge in [-0.1, -0.05) is 6.92 Å². The molecule has 2 rings (SSSR count).